The number of carbonyl (C=O) groups is 1. The molecule has 1 aliphatic heterocycles. The number of thiazole rings is 1. The zero-order valence-electron chi connectivity index (χ0n) is 15.1. The summed E-state index contributed by atoms with van der Waals surface area (Å²) in [6, 6.07) is 19.6. The summed E-state index contributed by atoms with van der Waals surface area (Å²) in [6.07, 6.45) is 0. The Kier molecular flexibility index (Phi) is 4.99. The van der Waals surface area contributed by atoms with E-state index < -0.39 is 5.92 Å². The first-order valence-corrected chi connectivity index (χ1v) is 9.96. The molecular formula is C21H17N3O2S2. The number of carbonyl (C=O) groups excluding carboxylic acids is 1. The van der Waals surface area contributed by atoms with Crippen LogP contribution in [0.4, 0.5) is 5.82 Å². The van der Waals surface area contributed by atoms with Crippen LogP contribution in [0.2, 0.25) is 0 Å². The van der Waals surface area contributed by atoms with Crippen LogP contribution in [-0.4, -0.2) is 17.6 Å². The second kappa shape index (κ2) is 7.58. The van der Waals surface area contributed by atoms with Crippen molar-refractivity contribution in [2.24, 2.45) is 5.92 Å². The molecule has 1 amide bonds. The number of aromatic nitrogens is 1. The Morgan fingerprint density at radius 3 is 2.57 bits per heavy atom. The summed E-state index contributed by atoms with van der Waals surface area (Å²) in [6.45, 7) is 0.568. The monoisotopic (exact) mass is 407 g/mol. The second-order valence-electron chi connectivity index (χ2n) is 6.50. The number of methoxy groups -OCH3 is 1. The number of ether oxygens (including phenoxy) is 1. The van der Waals surface area contributed by atoms with Crippen molar-refractivity contribution in [3.05, 3.63) is 74.6 Å². The molecule has 0 spiro atoms. The third-order valence-electron chi connectivity index (χ3n) is 4.86. The number of hydrogen-bond acceptors (Lipinski definition) is 5. The van der Waals surface area contributed by atoms with Gasteiger partial charge in [0.05, 0.1) is 24.6 Å². The zero-order valence-corrected chi connectivity index (χ0v) is 16.7. The molecule has 7 heteroatoms. The first-order chi connectivity index (χ1) is 13.6. The van der Waals surface area contributed by atoms with E-state index in [1.165, 1.54) is 11.3 Å². The molecule has 2 unspecified atom stereocenters. The van der Waals surface area contributed by atoms with Gasteiger partial charge in [-0.2, -0.15) is 5.26 Å². The number of fused-ring (bicyclic) bond motifs is 1. The van der Waals surface area contributed by atoms with Gasteiger partial charge in [0, 0.05) is 5.92 Å². The average Bonchev–Trinajstić information content (AvgIpc) is 3.03. The molecule has 2 heterocycles. The minimum absolute atomic E-state index is 0.301. The summed E-state index contributed by atoms with van der Waals surface area (Å²) in [7, 11) is 1.61. The Morgan fingerprint density at radius 2 is 1.93 bits per heavy atom. The van der Waals surface area contributed by atoms with Crippen molar-refractivity contribution in [1.29, 1.82) is 5.26 Å². The van der Waals surface area contributed by atoms with Crippen molar-refractivity contribution in [2.45, 2.75) is 12.5 Å². The Morgan fingerprint density at radius 1 is 1.21 bits per heavy atom. The lowest BCUT2D eigenvalue weighted by Crippen LogP contribution is -2.33. The van der Waals surface area contributed by atoms with Crippen molar-refractivity contribution in [2.75, 3.05) is 12.4 Å². The molecule has 5 nitrogen and oxygen atoms in total. The number of anilines is 1. The standard InChI is InChI=1S/C21H17N3O2S2/c1-26-15-9-7-14(8-10-15)17-16(11-22)20(25)23-19-18(17)28-21(27)24(19)12-13-5-3-2-4-6-13/h2-10,16-17H,12H2,1H3,(H,23,25). The number of nitrogens with one attached hydrogen (secondary N) is 1. The molecule has 1 N–H and O–H groups in total. The zero-order chi connectivity index (χ0) is 19.7. The molecule has 0 fully saturated rings. The van der Waals surface area contributed by atoms with Gasteiger partial charge in [-0.3, -0.25) is 4.79 Å². The van der Waals surface area contributed by atoms with E-state index in [4.69, 9.17) is 17.0 Å². The topological polar surface area (TPSA) is 67.0 Å². The van der Waals surface area contributed by atoms with E-state index in [1.807, 2.05) is 59.2 Å². The van der Waals surface area contributed by atoms with Gasteiger partial charge in [0.25, 0.3) is 0 Å². The summed E-state index contributed by atoms with van der Waals surface area (Å²) in [5, 5.41) is 12.6. The van der Waals surface area contributed by atoms with E-state index in [2.05, 4.69) is 11.4 Å². The van der Waals surface area contributed by atoms with Gasteiger partial charge in [-0.1, -0.05) is 42.5 Å². The van der Waals surface area contributed by atoms with Crippen LogP contribution in [0.25, 0.3) is 0 Å². The van der Waals surface area contributed by atoms with Crippen molar-refractivity contribution in [3.8, 4) is 11.8 Å². The quantitative estimate of drug-likeness (QED) is 0.644. The average molecular weight is 408 g/mol. The molecular weight excluding hydrogens is 390 g/mol. The van der Waals surface area contributed by atoms with E-state index in [-0.39, 0.29) is 11.8 Å². The maximum atomic E-state index is 12.7. The van der Waals surface area contributed by atoms with Crippen LogP contribution >= 0.6 is 23.6 Å². The van der Waals surface area contributed by atoms with Crippen LogP contribution in [0, 0.1) is 21.2 Å². The predicted octanol–water partition coefficient (Wildman–Crippen LogP) is 4.56. The number of rotatable bonds is 4. The number of benzene rings is 2. The van der Waals surface area contributed by atoms with Gasteiger partial charge in [-0.05, 0) is 35.5 Å². The first-order valence-electron chi connectivity index (χ1n) is 8.74. The minimum Gasteiger partial charge on any atom is -0.497 e. The molecule has 1 aliphatic rings. The van der Waals surface area contributed by atoms with Gasteiger partial charge in [0.1, 0.15) is 17.5 Å². The number of nitriles is 1. The smallest absolute Gasteiger partial charge is 0.243 e. The van der Waals surface area contributed by atoms with Crippen LogP contribution in [0.3, 0.4) is 0 Å². The van der Waals surface area contributed by atoms with Crippen molar-refractivity contribution < 1.29 is 9.53 Å². The van der Waals surface area contributed by atoms with Crippen LogP contribution < -0.4 is 10.1 Å². The van der Waals surface area contributed by atoms with E-state index >= 15 is 0 Å². The molecule has 140 valence electrons. The highest BCUT2D eigenvalue weighted by Crippen LogP contribution is 2.44. The Balaban J connectivity index is 1.82. The van der Waals surface area contributed by atoms with Crippen molar-refractivity contribution >= 4 is 35.3 Å². The van der Waals surface area contributed by atoms with E-state index in [9.17, 15) is 10.1 Å². The molecule has 1 aromatic heterocycles. The Labute approximate surface area is 171 Å². The SMILES string of the molecule is COc1ccc(C2c3sc(=S)n(Cc4ccccc4)c3NC(=O)C2C#N)cc1. The van der Waals surface area contributed by atoms with Gasteiger partial charge < -0.3 is 14.6 Å². The third kappa shape index (κ3) is 3.21. The highest BCUT2D eigenvalue weighted by molar-refractivity contribution is 7.73. The van der Waals surface area contributed by atoms with Crippen LogP contribution in [0.5, 0.6) is 5.75 Å². The maximum Gasteiger partial charge on any atom is 0.243 e. The lowest BCUT2D eigenvalue weighted by molar-refractivity contribution is -0.119. The Hall–Kier alpha value is -2.95. The molecule has 2 aromatic carbocycles. The summed E-state index contributed by atoms with van der Waals surface area (Å²) < 4.78 is 7.84. The lowest BCUT2D eigenvalue weighted by Gasteiger charge is -2.27. The molecule has 28 heavy (non-hydrogen) atoms. The third-order valence-corrected chi connectivity index (χ3v) is 6.39. The van der Waals surface area contributed by atoms with Gasteiger partial charge in [0.15, 0.2) is 3.95 Å². The van der Waals surface area contributed by atoms with Crippen LogP contribution in [0.1, 0.15) is 21.9 Å². The first kappa shape index (κ1) is 18.4. The largest absolute Gasteiger partial charge is 0.497 e. The van der Waals surface area contributed by atoms with Gasteiger partial charge in [-0.15, -0.1) is 11.3 Å². The summed E-state index contributed by atoms with van der Waals surface area (Å²) in [5.41, 5.74) is 1.99. The summed E-state index contributed by atoms with van der Waals surface area (Å²) in [4.78, 5) is 13.6. The van der Waals surface area contributed by atoms with E-state index in [1.54, 1.807) is 7.11 Å². The lowest BCUT2D eigenvalue weighted by atomic mass is 9.83. The normalized spacial score (nSPS) is 18.1. The maximum absolute atomic E-state index is 12.7. The summed E-state index contributed by atoms with van der Waals surface area (Å²) >= 11 is 7.05. The van der Waals surface area contributed by atoms with Crippen molar-refractivity contribution in [1.82, 2.24) is 4.57 Å². The molecule has 2 atom stereocenters. The highest BCUT2D eigenvalue weighted by Gasteiger charge is 2.40. The van der Waals surface area contributed by atoms with Gasteiger partial charge >= 0.3 is 0 Å². The number of amides is 1. The van der Waals surface area contributed by atoms with E-state index in [0.29, 0.717) is 16.3 Å². The molecule has 4 rings (SSSR count). The second-order valence-corrected chi connectivity index (χ2v) is 8.18. The Bertz CT molecular complexity index is 1110. The molecule has 0 saturated carbocycles. The fourth-order valence-corrected chi connectivity index (χ4v) is 4.99. The molecule has 0 radical (unpaired) electrons. The number of hydrogen-bond donors (Lipinski definition) is 1. The van der Waals surface area contributed by atoms with Crippen LogP contribution in [0.15, 0.2) is 54.6 Å². The molecule has 3 aromatic rings. The predicted molar refractivity (Wildman–Crippen MR) is 111 cm³/mol. The van der Waals surface area contributed by atoms with E-state index in [0.717, 1.165) is 21.8 Å². The van der Waals surface area contributed by atoms with Gasteiger partial charge in [0.2, 0.25) is 5.91 Å². The van der Waals surface area contributed by atoms with Crippen LogP contribution in [-0.2, 0) is 11.3 Å². The summed E-state index contributed by atoms with van der Waals surface area (Å²) in [5.74, 6) is -0.0453. The molecule has 0 saturated heterocycles. The fraction of sp³-hybridized carbons (Fsp3) is 0.190. The fourth-order valence-electron chi connectivity index (χ4n) is 3.46. The molecule has 0 aliphatic carbocycles. The minimum atomic E-state index is -0.806. The van der Waals surface area contributed by atoms with Crippen molar-refractivity contribution in [3.63, 3.8) is 0 Å². The van der Waals surface area contributed by atoms with Gasteiger partial charge in [-0.25, -0.2) is 0 Å². The number of nitrogens with zero attached hydrogens (tertiary/aromatic N) is 2. The highest BCUT2D eigenvalue weighted by atomic mass is 32.1. The molecule has 0 bridgehead atoms.